The molecule has 1 atom stereocenters. The van der Waals surface area contributed by atoms with Crippen molar-refractivity contribution in [2.75, 3.05) is 18.1 Å². The molecular weight excluding hydrogens is 270 g/mol. The third-order valence-corrected chi connectivity index (χ3v) is 3.87. The fourth-order valence-electron chi connectivity index (χ4n) is 2.79. The highest BCUT2D eigenvalue weighted by Crippen LogP contribution is 2.39. The number of benzene rings is 1. The minimum absolute atomic E-state index is 0.0872. The number of hydrogen-bond acceptors (Lipinski definition) is 4. The summed E-state index contributed by atoms with van der Waals surface area (Å²) in [7, 11) is 1.90. The maximum atomic E-state index is 11.3. The maximum Gasteiger partial charge on any atom is 0.339 e. The maximum absolute atomic E-state index is 11.3. The van der Waals surface area contributed by atoms with Gasteiger partial charge in [0.25, 0.3) is 0 Å². The Balaban J connectivity index is 2.03. The Bertz CT molecular complexity index is 681. The molecule has 1 aliphatic heterocycles. The number of para-hydroxylation sites is 1. The number of carboxylic acids is 1. The van der Waals surface area contributed by atoms with Crippen molar-refractivity contribution in [2.24, 2.45) is 7.05 Å². The molecule has 6 heteroatoms. The van der Waals surface area contributed by atoms with Crippen LogP contribution in [0.2, 0.25) is 0 Å². The van der Waals surface area contributed by atoms with Crippen molar-refractivity contribution in [3.05, 3.63) is 41.7 Å². The molecule has 2 heterocycles. The minimum atomic E-state index is -0.970. The number of carboxylic acid groups (broad SMARTS) is 1. The van der Waals surface area contributed by atoms with Crippen LogP contribution in [-0.4, -0.2) is 34.0 Å². The lowest BCUT2D eigenvalue weighted by Gasteiger charge is -2.36. The zero-order valence-corrected chi connectivity index (χ0v) is 12.0. The van der Waals surface area contributed by atoms with Crippen molar-refractivity contribution in [2.45, 2.75) is 13.0 Å². The molecule has 0 bridgehead atoms. The normalized spacial score (nSPS) is 15.2. The summed E-state index contributed by atoms with van der Waals surface area (Å²) < 4.78 is 7.43. The van der Waals surface area contributed by atoms with Gasteiger partial charge in [-0.3, -0.25) is 4.68 Å². The van der Waals surface area contributed by atoms with Crippen LogP contribution in [0, 0.1) is 0 Å². The number of anilines is 1. The van der Waals surface area contributed by atoms with Crippen LogP contribution >= 0.6 is 0 Å². The van der Waals surface area contributed by atoms with E-state index in [1.165, 1.54) is 0 Å². The molecule has 110 valence electrons. The molecule has 1 aromatic heterocycles. The number of hydrogen-bond donors (Lipinski definition) is 1. The average molecular weight is 287 g/mol. The van der Waals surface area contributed by atoms with E-state index in [1.54, 1.807) is 18.3 Å². The third-order valence-electron chi connectivity index (χ3n) is 3.87. The van der Waals surface area contributed by atoms with Gasteiger partial charge in [0, 0.05) is 13.2 Å². The van der Waals surface area contributed by atoms with Gasteiger partial charge < -0.3 is 14.7 Å². The first-order chi connectivity index (χ1) is 10.1. The molecule has 21 heavy (non-hydrogen) atoms. The Hall–Kier alpha value is -2.50. The smallest absolute Gasteiger partial charge is 0.339 e. The lowest BCUT2D eigenvalue weighted by Crippen LogP contribution is -2.36. The van der Waals surface area contributed by atoms with E-state index in [9.17, 15) is 9.90 Å². The predicted octanol–water partition coefficient (Wildman–Crippen LogP) is 2.08. The summed E-state index contributed by atoms with van der Waals surface area (Å²) in [6.45, 7) is 3.27. The second-order valence-corrected chi connectivity index (χ2v) is 5.06. The van der Waals surface area contributed by atoms with Gasteiger partial charge in [-0.1, -0.05) is 6.07 Å². The molecule has 1 N–H and O–H groups in total. The first-order valence-corrected chi connectivity index (χ1v) is 6.83. The van der Waals surface area contributed by atoms with Crippen molar-refractivity contribution in [1.82, 2.24) is 9.78 Å². The summed E-state index contributed by atoms with van der Waals surface area (Å²) in [5.74, 6) is -0.521. The molecule has 0 radical (unpaired) electrons. The van der Waals surface area contributed by atoms with Gasteiger partial charge in [-0.25, -0.2) is 4.79 Å². The summed E-state index contributed by atoms with van der Waals surface area (Å²) >= 11 is 0. The van der Waals surface area contributed by atoms with Gasteiger partial charge in [0.1, 0.15) is 12.2 Å². The molecule has 0 fully saturated rings. The van der Waals surface area contributed by atoms with Crippen molar-refractivity contribution < 1.29 is 14.6 Å². The minimum Gasteiger partial charge on any atom is -0.489 e. The van der Waals surface area contributed by atoms with Gasteiger partial charge in [0.05, 0.1) is 24.0 Å². The lowest BCUT2D eigenvalue weighted by molar-refractivity contribution is 0.0692. The third kappa shape index (κ3) is 2.22. The van der Waals surface area contributed by atoms with E-state index >= 15 is 0 Å². The van der Waals surface area contributed by atoms with Crippen molar-refractivity contribution in [3.8, 4) is 5.75 Å². The molecule has 0 amide bonds. The quantitative estimate of drug-likeness (QED) is 0.936. The molecule has 3 rings (SSSR count). The second-order valence-electron chi connectivity index (χ2n) is 5.06. The summed E-state index contributed by atoms with van der Waals surface area (Å²) in [6.07, 6.45) is 1.76. The van der Waals surface area contributed by atoms with E-state index < -0.39 is 5.97 Å². The van der Waals surface area contributed by atoms with Crippen molar-refractivity contribution in [1.29, 1.82) is 0 Å². The zero-order valence-electron chi connectivity index (χ0n) is 12.0. The molecule has 1 unspecified atom stereocenters. The second kappa shape index (κ2) is 5.12. The van der Waals surface area contributed by atoms with Gasteiger partial charge in [0.2, 0.25) is 0 Å². The van der Waals surface area contributed by atoms with Crippen LogP contribution in [0.25, 0.3) is 0 Å². The number of fused-ring (bicyclic) bond motifs is 1. The van der Waals surface area contributed by atoms with Crippen LogP contribution in [0.5, 0.6) is 5.75 Å². The lowest BCUT2D eigenvalue weighted by atomic mass is 10.1. The van der Waals surface area contributed by atoms with E-state index in [4.69, 9.17) is 4.74 Å². The van der Waals surface area contributed by atoms with E-state index in [1.807, 2.05) is 23.9 Å². The molecule has 0 aliphatic carbocycles. The number of rotatable bonds is 3. The largest absolute Gasteiger partial charge is 0.489 e. The Morgan fingerprint density at radius 2 is 2.24 bits per heavy atom. The highest BCUT2D eigenvalue weighted by Gasteiger charge is 2.28. The predicted molar refractivity (Wildman–Crippen MR) is 77.9 cm³/mol. The van der Waals surface area contributed by atoms with Crippen LogP contribution < -0.4 is 9.64 Å². The highest BCUT2D eigenvalue weighted by atomic mass is 16.5. The van der Waals surface area contributed by atoms with Gasteiger partial charge in [-0.05, 0) is 25.1 Å². The van der Waals surface area contributed by atoms with E-state index in [0.717, 1.165) is 11.4 Å². The summed E-state index contributed by atoms with van der Waals surface area (Å²) in [5.41, 5.74) is 2.09. The highest BCUT2D eigenvalue weighted by molar-refractivity contribution is 5.93. The summed E-state index contributed by atoms with van der Waals surface area (Å²) in [6, 6.07) is 7.28. The van der Waals surface area contributed by atoms with Crippen molar-refractivity contribution in [3.63, 3.8) is 0 Å². The Morgan fingerprint density at radius 1 is 1.43 bits per heavy atom. The number of ether oxygens (including phenoxy) is 1. The molecule has 0 spiro atoms. The number of aromatic carboxylic acids is 1. The molecule has 2 aromatic rings. The first kappa shape index (κ1) is 13.5. The molecule has 1 aliphatic rings. The fraction of sp³-hybridized carbons (Fsp3) is 0.333. The SMILES string of the molecule is CC(c1ccnn1C)N1CCOc2c(C(=O)O)cccc21. The Kier molecular flexibility index (Phi) is 3.29. The van der Waals surface area contributed by atoms with E-state index in [-0.39, 0.29) is 11.6 Å². The first-order valence-electron chi connectivity index (χ1n) is 6.83. The molecule has 0 saturated heterocycles. The number of aromatic nitrogens is 2. The Labute approximate surface area is 122 Å². The van der Waals surface area contributed by atoms with Gasteiger partial charge >= 0.3 is 5.97 Å². The van der Waals surface area contributed by atoms with E-state index in [2.05, 4.69) is 16.9 Å². The Morgan fingerprint density at radius 3 is 2.90 bits per heavy atom. The molecule has 6 nitrogen and oxygen atoms in total. The molecular formula is C15H17N3O3. The van der Waals surface area contributed by atoms with Crippen LogP contribution in [0.4, 0.5) is 5.69 Å². The molecule has 0 saturated carbocycles. The van der Waals surface area contributed by atoms with Gasteiger partial charge in [-0.15, -0.1) is 0 Å². The summed E-state index contributed by atoms with van der Waals surface area (Å²) in [5, 5.41) is 13.5. The van der Waals surface area contributed by atoms with Gasteiger partial charge in [0.15, 0.2) is 5.75 Å². The fourth-order valence-corrected chi connectivity index (χ4v) is 2.79. The number of aryl methyl sites for hydroxylation is 1. The van der Waals surface area contributed by atoms with Crippen LogP contribution in [0.3, 0.4) is 0 Å². The monoisotopic (exact) mass is 287 g/mol. The van der Waals surface area contributed by atoms with Crippen LogP contribution in [-0.2, 0) is 7.05 Å². The van der Waals surface area contributed by atoms with Gasteiger partial charge in [-0.2, -0.15) is 5.10 Å². The van der Waals surface area contributed by atoms with E-state index in [0.29, 0.717) is 18.9 Å². The van der Waals surface area contributed by atoms with Crippen LogP contribution in [0.1, 0.15) is 29.0 Å². The van der Waals surface area contributed by atoms with Crippen molar-refractivity contribution >= 4 is 11.7 Å². The molecule has 1 aromatic carbocycles. The topological polar surface area (TPSA) is 67.6 Å². The average Bonchev–Trinajstić information content (AvgIpc) is 2.91. The summed E-state index contributed by atoms with van der Waals surface area (Å²) in [4.78, 5) is 13.5. The number of nitrogens with zero attached hydrogens (tertiary/aromatic N) is 3. The van der Waals surface area contributed by atoms with Crippen LogP contribution in [0.15, 0.2) is 30.5 Å². The number of carbonyl (C=O) groups is 1. The zero-order chi connectivity index (χ0) is 15.0. The standard InChI is InChI=1S/C15H17N3O3/c1-10(12-6-7-16-17(12)2)18-8-9-21-14-11(15(19)20)4-3-5-13(14)18/h3-7,10H,8-9H2,1-2H3,(H,19,20).